The summed E-state index contributed by atoms with van der Waals surface area (Å²) >= 11 is 0. The normalized spacial score (nSPS) is 15.5. The minimum atomic E-state index is -0.482. The van der Waals surface area contributed by atoms with Gasteiger partial charge in [0, 0.05) is 18.7 Å². The third kappa shape index (κ3) is 4.15. The van der Waals surface area contributed by atoms with Gasteiger partial charge in [0.25, 0.3) is 0 Å². The van der Waals surface area contributed by atoms with Gasteiger partial charge in [-0.15, -0.1) is 0 Å². The number of hydrogen-bond donors (Lipinski definition) is 1. The van der Waals surface area contributed by atoms with Crippen LogP contribution in [0, 0.1) is 17.2 Å². The highest BCUT2D eigenvalue weighted by atomic mass is 16.5. The van der Waals surface area contributed by atoms with Gasteiger partial charge >= 0.3 is 0 Å². The summed E-state index contributed by atoms with van der Waals surface area (Å²) in [5.74, 6) is 0.525. The van der Waals surface area contributed by atoms with Gasteiger partial charge in [-0.2, -0.15) is 5.26 Å². The van der Waals surface area contributed by atoms with E-state index in [0.717, 1.165) is 5.75 Å². The number of nitrogens with zero attached hydrogens (tertiary/aromatic N) is 2. The van der Waals surface area contributed by atoms with Crippen molar-refractivity contribution in [2.45, 2.75) is 6.42 Å². The maximum absolute atomic E-state index is 12.7. The molecule has 1 aliphatic heterocycles. The number of nitrogens with one attached hydrogen (secondary N) is 1. The van der Waals surface area contributed by atoms with E-state index in [1.165, 1.54) is 4.90 Å². The van der Waals surface area contributed by atoms with Crippen LogP contribution in [0.2, 0.25) is 0 Å². The summed E-state index contributed by atoms with van der Waals surface area (Å²) in [4.78, 5) is 26.6. The summed E-state index contributed by atoms with van der Waals surface area (Å²) in [6.45, 7) is 0.249. The lowest BCUT2D eigenvalue weighted by molar-refractivity contribution is -0.122. The van der Waals surface area contributed by atoms with Crippen LogP contribution >= 0.6 is 0 Å². The van der Waals surface area contributed by atoms with Gasteiger partial charge in [-0.25, -0.2) is 0 Å². The van der Waals surface area contributed by atoms with Crippen molar-refractivity contribution in [3.05, 3.63) is 84.4 Å². The first-order valence-corrected chi connectivity index (χ1v) is 9.57. The molecule has 1 unspecified atom stereocenters. The molecule has 30 heavy (non-hydrogen) atoms. The molecule has 0 radical (unpaired) electrons. The van der Waals surface area contributed by atoms with Crippen LogP contribution < -0.4 is 15.0 Å². The molecule has 3 aromatic carbocycles. The van der Waals surface area contributed by atoms with Gasteiger partial charge in [-0.3, -0.25) is 9.59 Å². The quantitative estimate of drug-likeness (QED) is 0.694. The van der Waals surface area contributed by atoms with Crippen molar-refractivity contribution in [3.8, 4) is 17.6 Å². The first kappa shape index (κ1) is 19.2. The van der Waals surface area contributed by atoms with E-state index in [0.29, 0.717) is 22.7 Å². The summed E-state index contributed by atoms with van der Waals surface area (Å²) in [7, 11) is 0. The first-order chi connectivity index (χ1) is 14.6. The topological polar surface area (TPSA) is 82.4 Å². The SMILES string of the molecule is N#Cc1ccccc1N1CC(C(=O)Nc2ccc(Oc3ccccc3)cc2)CC1=O. The fourth-order valence-electron chi connectivity index (χ4n) is 3.39. The average Bonchev–Trinajstić information content (AvgIpc) is 3.17. The maximum Gasteiger partial charge on any atom is 0.229 e. The van der Waals surface area contributed by atoms with Gasteiger partial charge < -0.3 is 15.0 Å². The molecule has 1 fully saturated rings. The van der Waals surface area contributed by atoms with Crippen molar-refractivity contribution < 1.29 is 14.3 Å². The number of para-hydroxylation sites is 2. The van der Waals surface area contributed by atoms with Crippen LogP contribution in [0.3, 0.4) is 0 Å². The lowest BCUT2D eigenvalue weighted by Gasteiger charge is -2.18. The summed E-state index contributed by atoms with van der Waals surface area (Å²) in [5.41, 5.74) is 1.59. The van der Waals surface area contributed by atoms with Crippen LogP contribution in [0.25, 0.3) is 0 Å². The van der Waals surface area contributed by atoms with Gasteiger partial charge in [0.2, 0.25) is 11.8 Å². The monoisotopic (exact) mass is 397 g/mol. The number of nitriles is 1. The molecule has 1 heterocycles. The minimum absolute atomic E-state index is 0.112. The van der Waals surface area contributed by atoms with E-state index in [4.69, 9.17) is 4.74 Å². The molecule has 1 atom stereocenters. The maximum atomic E-state index is 12.7. The fourth-order valence-corrected chi connectivity index (χ4v) is 3.39. The van der Waals surface area contributed by atoms with Crippen LogP contribution in [-0.4, -0.2) is 18.4 Å². The highest BCUT2D eigenvalue weighted by Crippen LogP contribution is 2.29. The van der Waals surface area contributed by atoms with Crippen LogP contribution in [0.4, 0.5) is 11.4 Å². The van der Waals surface area contributed by atoms with Gasteiger partial charge in [0.05, 0.1) is 17.2 Å². The smallest absolute Gasteiger partial charge is 0.229 e. The van der Waals surface area contributed by atoms with Gasteiger partial charge in [0.1, 0.15) is 17.6 Å². The van der Waals surface area contributed by atoms with Crippen LogP contribution in [-0.2, 0) is 9.59 Å². The predicted molar refractivity (Wildman–Crippen MR) is 113 cm³/mol. The summed E-state index contributed by atoms with van der Waals surface area (Å²) in [5, 5.41) is 12.1. The van der Waals surface area contributed by atoms with Crippen molar-refractivity contribution in [1.29, 1.82) is 5.26 Å². The Morgan fingerprint density at radius 2 is 1.63 bits per heavy atom. The number of anilines is 2. The third-order valence-corrected chi connectivity index (χ3v) is 4.91. The largest absolute Gasteiger partial charge is 0.457 e. The van der Waals surface area contributed by atoms with Crippen molar-refractivity contribution in [3.63, 3.8) is 0 Å². The molecule has 2 amide bonds. The van der Waals surface area contributed by atoms with Crippen molar-refractivity contribution in [2.75, 3.05) is 16.8 Å². The molecule has 0 bridgehead atoms. The van der Waals surface area contributed by atoms with E-state index < -0.39 is 5.92 Å². The van der Waals surface area contributed by atoms with E-state index in [1.54, 1.807) is 48.5 Å². The molecule has 1 saturated heterocycles. The number of ether oxygens (including phenoxy) is 1. The van der Waals surface area contributed by atoms with Gasteiger partial charge in [-0.05, 0) is 48.5 Å². The molecule has 6 nitrogen and oxygen atoms in total. The molecule has 6 heteroatoms. The lowest BCUT2D eigenvalue weighted by atomic mass is 10.1. The fraction of sp³-hybridized carbons (Fsp3) is 0.125. The predicted octanol–water partition coefficient (Wildman–Crippen LogP) is 4.34. The zero-order valence-corrected chi connectivity index (χ0v) is 16.1. The molecule has 148 valence electrons. The lowest BCUT2D eigenvalue weighted by Crippen LogP contribution is -2.28. The first-order valence-electron chi connectivity index (χ1n) is 9.57. The molecule has 1 N–H and O–H groups in total. The molecule has 3 aromatic rings. The second-order valence-corrected chi connectivity index (χ2v) is 6.96. The van der Waals surface area contributed by atoms with Crippen molar-refractivity contribution >= 4 is 23.2 Å². The van der Waals surface area contributed by atoms with Crippen LogP contribution in [0.5, 0.6) is 11.5 Å². The van der Waals surface area contributed by atoms with Gasteiger partial charge in [0.15, 0.2) is 0 Å². The number of benzene rings is 3. The molecular formula is C24H19N3O3. The Labute approximate surface area is 174 Å². The average molecular weight is 397 g/mol. The zero-order chi connectivity index (χ0) is 20.9. The third-order valence-electron chi connectivity index (χ3n) is 4.91. The number of rotatable bonds is 5. The summed E-state index contributed by atoms with van der Waals surface area (Å²) in [6.07, 6.45) is 0.112. The Bertz CT molecular complexity index is 1100. The number of hydrogen-bond acceptors (Lipinski definition) is 4. The van der Waals surface area contributed by atoms with E-state index >= 15 is 0 Å². The number of carbonyl (C=O) groups is 2. The highest BCUT2D eigenvalue weighted by molar-refractivity contribution is 6.04. The highest BCUT2D eigenvalue weighted by Gasteiger charge is 2.36. The molecule has 1 aliphatic rings. The Kier molecular flexibility index (Phi) is 5.44. The van der Waals surface area contributed by atoms with Crippen LogP contribution in [0.1, 0.15) is 12.0 Å². The standard InChI is InChI=1S/C24H19N3O3/c25-15-17-6-4-5-9-22(17)27-16-18(14-23(27)28)24(29)26-19-10-12-21(13-11-19)30-20-7-2-1-3-8-20/h1-13,18H,14,16H2,(H,26,29). The second-order valence-electron chi connectivity index (χ2n) is 6.96. The Morgan fingerprint density at radius 1 is 0.967 bits per heavy atom. The molecular weight excluding hydrogens is 378 g/mol. The molecule has 4 rings (SSSR count). The molecule has 0 spiro atoms. The molecule has 0 aromatic heterocycles. The number of amides is 2. The molecule has 0 saturated carbocycles. The van der Waals surface area contributed by atoms with Gasteiger partial charge in [-0.1, -0.05) is 30.3 Å². The molecule has 0 aliphatic carbocycles. The van der Waals surface area contributed by atoms with E-state index in [-0.39, 0.29) is 24.8 Å². The van der Waals surface area contributed by atoms with Crippen LogP contribution in [0.15, 0.2) is 78.9 Å². The Hall–Kier alpha value is -4.11. The number of carbonyl (C=O) groups excluding carboxylic acids is 2. The van der Waals surface area contributed by atoms with E-state index in [9.17, 15) is 14.9 Å². The summed E-state index contributed by atoms with van der Waals surface area (Å²) < 4.78 is 5.75. The Balaban J connectivity index is 1.39. The Morgan fingerprint density at radius 3 is 2.37 bits per heavy atom. The van der Waals surface area contributed by atoms with E-state index in [1.807, 2.05) is 30.3 Å². The minimum Gasteiger partial charge on any atom is -0.457 e. The van der Waals surface area contributed by atoms with E-state index in [2.05, 4.69) is 11.4 Å². The van der Waals surface area contributed by atoms with Crippen molar-refractivity contribution in [1.82, 2.24) is 0 Å². The van der Waals surface area contributed by atoms with Crippen molar-refractivity contribution in [2.24, 2.45) is 5.92 Å². The summed E-state index contributed by atoms with van der Waals surface area (Å²) in [6, 6.07) is 25.5. The second kappa shape index (κ2) is 8.50. The zero-order valence-electron chi connectivity index (χ0n) is 16.1.